The van der Waals surface area contributed by atoms with Gasteiger partial charge in [0.1, 0.15) is 23.6 Å². The molecule has 0 saturated heterocycles. The molecule has 4 rings (SSSR count). The van der Waals surface area contributed by atoms with Gasteiger partial charge in [-0.1, -0.05) is 38.1 Å². The van der Waals surface area contributed by atoms with Crippen molar-refractivity contribution in [2.24, 2.45) is 0 Å². The molecule has 170 valence electrons. The lowest BCUT2D eigenvalue weighted by Crippen LogP contribution is -2.23. The summed E-state index contributed by atoms with van der Waals surface area (Å²) in [5.41, 5.74) is 2.01. The minimum Gasteiger partial charge on any atom is -0.494 e. The maximum absolute atomic E-state index is 12.5. The van der Waals surface area contributed by atoms with Gasteiger partial charge in [-0.05, 0) is 36.2 Å². The van der Waals surface area contributed by atoms with Crippen LogP contribution in [0.1, 0.15) is 55.0 Å². The Kier molecular flexibility index (Phi) is 6.77. The molecular weight excluding hydrogens is 420 g/mol. The molecule has 0 unspecified atom stereocenters. The first-order valence-electron chi connectivity index (χ1n) is 10.9. The molecule has 1 N–H and O–H groups in total. The summed E-state index contributed by atoms with van der Waals surface area (Å²) >= 11 is 0. The quantitative estimate of drug-likeness (QED) is 0.411. The number of aromatic nitrogens is 5. The van der Waals surface area contributed by atoms with Crippen molar-refractivity contribution in [2.75, 3.05) is 6.61 Å². The number of amides is 1. The number of nitrogens with one attached hydrogen (secondary N) is 1. The second-order valence-electron chi connectivity index (χ2n) is 7.86. The number of nitrogens with zero attached hydrogens (tertiary/aromatic N) is 5. The molecule has 0 aliphatic heterocycles. The lowest BCUT2D eigenvalue weighted by atomic mass is 10.2. The smallest absolute Gasteiger partial charge is 0.271 e. The third-order valence-corrected chi connectivity index (χ3v) is 4.88. The van der Waals surface area contributed by atoms with Gasteiger partial charge in [0.15, 0.2) is 5.82 Å². The van der Waals surface area contributed by atoms with Crippen LogP contribution in [0.2, 0.25) is 0 Å². The molecule has 9 nitrogen and oxygen atoms in total. The number of carbonyl (C=O) groups excluding carboxylic acids is 1. The van der Waals surface area contributed by atoms with Crippen molar-refractivity contribution in [3.8, 4) is 23.0 Å². The van der Waals surface area contributed by atoms with Gasteiger partial charge in [-0.3, -0.25) is 9.36 Å². The van der Waals surface area contributed by atoms with Crippen LogP contribution in [0.3, 0.4) is 0 Å². The largest absolute Gasteiger partial charge is 0.494 e. The van der Waals surface area contributed by atoms with E-state index in [-0.39, 0.29) is 11.8 Å². The molecule has 0 bridgehead atoms. The number of hydrogen-bond acceptors (Lipinski definition) is 7. The van der Waals surface area contributed by atoms with E-state index in [1.807, 2.05) is 44.2 Å². The summed E-state index contributed by atoms with van der Waals surface area (Å²) < 4.78 is 12.6. The highest BCUT2D eigenvalue weighted by Gasteiger charge is 2.13. The van der Waals surface area contributed by atoms with Gasteiger partial charge < -0.3 is 14.6 Å². The number of hydrogen-bond donors (Lipinski definition) is 1. The topological polar surface area (TPSA) is 108 Å². The second-order valence-corrected chi connectivity index (χ2v) is 7.86. The van der Waals surface area contributed by atoms with E-state index >= 15 is 0 Å². The van der Waals surface area contributed by atoms with Crippen molar-refractivity contribution in [3.63, 3.8) is 0 Å². The molecule has 1 aromatic carbocycles. The summed E-state index contributed by atoms with van der Waals surface area (Å²) in [5, 5.41) is 6.85. The number of pyridine rings is 1. The Morgan fingerprint density at radius 2 is 1.97 bits per heavy atom. The van der Waals surface area contributed by atoms with Crippen LogP contribution >= 0.6 is 0 Å². The predicted molar refractivity (Wildman–Crippen MR) is 122 cm³/mol. The third-order valence-electron chi connectivity index (χ3n) is 4.88. The van der Waals surface area contributed by atoms with Gasteiger partial charge in [-0.2, -0.15) is 4.98 Å². The molecule has 3 heterocycles. The van der Waals surface area contributed by atoms with Gasteiger partial charge in [0, 0.05) is 24.9 Å². The lowest BCUT2D eigenvalue weighted by Gasteiger charge is -2.07. The molecule has 0 spiro atoms. The zero-order chi connectivity index (χ0) is 23.2. The summed E-state index contributed by atoms with van der Waals surface area (Å²) in [6.07, 6.45) is 5.81. The van der Waals surface area contributed by atoms with Gasteiger partial charge in [0.2, 0.25) is 0 Å². The summed E-state index contributed by atoms with van der Waals surface area (Å²) in [6, 6.07) is 11.3. The number of benzene rings is 1. The SMILES string of the molecule is CCCOc1ccc(CNC(=O)c2cn(-c3ccc(-c4nc(C(C)C)no4)cn3)cn2)cc1. The molecule has 3 aromatic heterocycles. The van der Waals surface area contributed by atoms with Gasteiger partial charge in [0.05, 0.1) is 12.2 Å². The average Bonchev–Trinajstić information content (AvgIpc) is 3.53. The molecule has 0 saturated carbocycles. The van der Waals surface area contributed by atoms with E-state index in [9.17, 15) is 4.79 Å². The molecule has 9 heteroatoms. The molecule has 0 aliphatic carbocycles. The van der Waals surface area contributed by atoms with Crippen LogP contribution < -0.4 is 10.1 Å². The number of carbonyl (C=O) groups is 1. The Labute approximate surface area is 191 Å². The maximum atomic E-state index is 12.5. The first-order valence-corrected chi connectivity index (χ1v) is 10.9. The van der Waals surface area contributed by atoms with Crippen molar-refractivity contribution in [1.29, 1.82) is 0 Å². The zero-order valence-electron chi connectivity index (χ0n) is 18.9. The lowest BCUT2D eigenvalue weighted by molar-refractivity contribution is 0.0946. The van der Waals surface area contributed by atoms with Crippen molar-refractivity contribution in [2.45, 2.75) is 39.7 Å². The van der Waals surface area contributed by atoms with Gasteiger partial charge in [0.25, 0.3) is 11.8 Å². The Balaban J connectivity index is 1.36. The molecule has 1 amide bonds. The van der Waals surface area contributed by atoms with E-state index in [1.165, 1.54) is 0 Å². The third kappa shape index (κ3) is 5.43. The van der Waals surface area contributed by atoms with E-state index in [0.717, 1.165) is 23.3 Å². The first kappa shape index (κ1) is 22.2. The highest BCUT2D eigenvalue weighted by molar-refractivity contribution is 5.92. The van der Waals surface area contributed by atoms with Crippen molar-refractivity contribution in [1.82, 2.24) is 30.0 Å². The first-order chi connectivity index (χ1) is 16.0. The minimum atomic E-state index is -0.260. The number of ether oxygens (including phenoxy) is 1. The average molecular weight is 447 g/mol. The van der Waals surface area contributed by atoms with Crippen molar-refractivity contribution in [3.05, 3.63) is 72.2 Å². The fourth-order valence-electron chi connectivity index (χ4n) is 3.01. The highest BCUT2D eigenvalue weighted by Crippen LogP contribution is 2.20. The fourth-order valence-corrected chi connectivity index (χ4v) is 3.01. The summed E-state index contributed by atoms with van der Waals surface area (Å²) in [4.78, 5) is 25.5. The minimum absolute atomic E-state index is 0.185. The van der Waals surface area contributed by atoms with E-state index in [0.29, 0.717) is 36.4 Å². The molecule has 0 radical (unpaired) electrons. The molecule has 0 fully saturated rings. The van der Waals surface area contributed by atoms with Crippen molar-refractivity contribution >= 4 is 5.91 Å². The van der Waals surface area contributed by atoms with Crippen LogP contribution in [-0.2, 0) is 6.54 Å². The van der Waals surface area contributed by atoms with Gasteiger partial charge in [-0.25, -0.2) is 9.97 Å². The summed E-state index contributed by atoms with van der Waals surface area (Å²) in [6.45, 7) is 7.15. The zero-order valence-corrected chi connectivity index (χ0v) is 18.9. The number of imidazole rings is 1. The molecule has 4 aromatic rings. The van der Waals surface area contributed by atoms with Crippen LogP contribution in [0.15, 0.2) is 59.6 Å². The van der Waals surface area contributed by atoms with E-state index in [1.54, 1.807) is 29.4 Å². The van der Waals surface area contributed by atoms with Crippen LogP contribution in [0.5, 0.6) is 5.75 Å². The Morgan fingerprint density at radius 3 is 2.64 bits per heavy atom. The Morgan fingerprint density at radius 1 is 1.15 bits per heavy atom. The molecule has 33 heavy (non-hydrogen) atoms. The second kappa shape index (κ2) is 10.1. The fraction of sp³-hybridized carbons (Fsp3) is 0.292. The summed E-state index contributed by atoms with van der Waals surface area (Å²) in [5.74, 6) is 2.45. The van der Waals surface area contributed by atoms with Gasteiger partial charge in [-0.15, -0.1) is 0 Å². The normalized spacial score (nSPS) is 11.0. The predicted octanol–water partition coefficient (Wildman–Crippen LogP) is 4.16. The molecule has 0 atom stereocenters. The van der Waals surface area contributed by atoms with E-state index in [2.05, 4.69) is 32.3 Å². The van der Waals surface area contributed by atoms with Crippen LogP contribution in [0, 0.1) is 0 Å². The summed E-state index contributed by atoms with van der Waals surface area (Å²) in [7, 11) is 0. The molecule has 0 aliphatic rings. The monoisotopic (exact) mass is 446 g/mol. The highest BCUT2D eigenvalue weighted by atomic mass is 16.5. The van der Waals surface area contributed by atoms with E-state index < -0.39 is 0 Å². The van der Waals surface area contributed by atoms with Gasteiger partial charge >= 0.3 is 0 Å². The Hall–Kier alpha value is -4.01. The van der Waals surface area contributed by atoms with Crippen LogP contribution in [-0.4, -0.2) is 37.2 Å². The van der Waals surface area contributed by atoms with Crippen LogP contribution in [0.25, 0.3) is 17.3 Å². The van der Waals surface area contributed by atoms with E-state index in [4.69, 9.17) is 9.26 Å². The standard InChI is InChI=1S/C24H26N6O3/c1-4-11-32-19-8-5-17(6-9-19)12-26-23(31)20-14-30(15-27-20)21-10-7-18(13-25-21)24-28-22(16(2)3)29-33-24/h5-10,13-16H,4,11-12H2,1-3H3,(H,26,31). The molecular formula is C24H26N6O3. The number of rotatable bonds is 9. The maximum Gasteiger partial charge on any atom is 0.271 e. The van der Waals surface area contributed by atoms with Crippen molar-refractivity contribution < 1.29 is 14.1 Å². The Bertz CT molecular complexity index is 1200. The van der Waals surface area contributed by atoms with Crippen LogP contribution in [0.4, 0.5) is 0 Å².